The zero-order chi connectivity index (χ0) is 18.1. The normalized spacial score (nSPS) is 22.9. The summed E-state index contributed by atoms with van der Waals surface area (Å²) in [5.74, 6) is 0.345. The van der Waals surface area contributed by atoms with E-state index in [0.717, 1.165) is 24.1 Å². The van der Waals surface area contributed by atoms with Crippen molar-refractivity contribution in [2.75, 3.05) is 19.6 Å². The molecule has 0 spiro atoms. The molecule has 2 atom stereocenters. The molecule has 0 radical (unpaired) electrons. The highest BCUT2D eigenvalue weighted by Crippen LogP contribution is 2.31. The van der Waals surface area contributed by atoms with Gasteiger partial charge in [-0.25, -0.2) is 4.79 Å². The third kappa shape index (κ3) is 3.45. The smallest absolute Gasteiger partial charge is 0.312 e. The lowest BCUT2D eigenvalue weighted by atomic mass is 9.93. The molecule has 4 rings (SSSR count). The second-order valence-electron chi connectivity index (χ2n) is 6.71. The summed E-state index contributed by atoms with van der Waals surface area (Å²) in [5, 5.41) is 6.26. The van der Waals surface area contributed by atoms with E-state index < -0.39 is 6.03 Å². The minimum absolute atomic E-state index is 0.0440. The first kappa shape index (κ1) is 17.2. The molecule has 25 heavy (non-hydrogen) atoms. The van der Waals surface area contributed by atoms with Crippen LogP contribution >= 0.6 is 0 Å². The Bertz CT molecular complexity index is 681. The number of hydrogen-bond acceptors (Lipinski definition) is 5. The molecule has 4 amide bonds. The molecular formula is C16H23N5O4. The number of fused-ring (bicyclic) bond motifs is 4. The van der Waals surface area contributed by atoms with E-state index in [-0.39, 0.29) is 30.3 Å². The Morgan fingerprint density at radius 3 is 2.72 bits per heavy atom. The van der Waals surface area contributed by atoms with Crippen LogP contribution in [0, 0.1) is 19.8 Å². The maximum absolute atomic E-state index is 12.8. The van der Waals surface area contributed by atoms with Gasteiger partial charge in [0.05, 0.1) is 24.7 Å². The van der Waals surface area contributed by atoms with Gasteiger partial charge in [0.25, 0.3) is 0 Å². The van der Waals surface area contributed by atoms with Crippen molar-refractivity contribution in [2.24, 2.45) is 11.7 Å². The fourth-order valence-corrected chi connectivity index (χ4v) is 3.62. The summed E-state index contributed by atoms with van der Waals surface area (Å²) >= 11 is 0. The molecule has 1 aromatic heterocycles. The Hall–Kier alpha value is -2.58. The highest BCUT2D eigenvalue weighted by atomic mass is 16.5. The fourth-order valence-electron chi connectivity index (χ4n) is 3.62. The molecule has 0 aliphatic carbocycles. The summed E-state index contributed by atoms with van der Waals surface area (Å²) in [6, 6.07) is -0.778. The molecular weight excluding hydrogens is 326 g/mol. The van der Waals surface area contributed by atoms with Gasteiger partial charge in [-0.15, -0.1) is 0 Å². The summed E-state index contributed by atoms with van der Waals surface area (Å²) in [6.45, 7) is 4.84. The Balaban J connectivity index is 1.75. The minimum atomic E-state index is -0.734. The number of primary amides is 1. The van der Waals surface area contributed by atoms with Crippen molar-refractivity contribution in [3.63, 3.8) is 0 Å². The quantitative estimate of drug-likeness (QED) is 0.787. The van der Waals surface area contributed by atoms with Gasteiger partial charge in [-0.1, -0.05) is 5.16 Å². The van der Waals surface area contributed by atoms with E-state index in [2.05, 4.69) is 10.5 Å². The van der Waals surface area contributed by atoms with E-state index in [0.29, 0.717) is 25.4 Å². The molecule has 3 N–H and O–H groups in total. The van der Waals surface area contributed by atoms with Crippen molar-refractivity contribution in [3.8, 4) is 0 Å². The number of urea groups is 1. The van der Waals surface area contributed by atoms with Gasteiger partial charge in [0.2, 0.25) is 11.8 Å². The van der Waals surface area contributed by atoms with Crippen LogP contribution in [0.4, 0.5) is 4.79 Å². The average molecular weight is 349 g/mol. The van der Waals surface area contributed by atoms with E-state index in [1.807, 2.05) is 18.7 Å². The number of carbonyl (C=O) groups excluding carboxylic acids is 3. The topological polar surface area (TPSA) is 122 Å². The van der Waals surface area contributed by atoms with Crippen LogP contribution in [-0.2, 0) is 16.1 Å². The van der Waals surface area contributed by atoms with Crippen LogP contribution in [0.15, 0.2) is 4.52 Å². The summed E-state index contributed by atoms with van der Waals surface area (Å²) in [5.41, 5.74) is 6.72. The fraction of sp³-hybridized carbons (Fsp3) is 0.625. The van der Waals surface area contributed by atoms with Crippen LogP contribution in [0.25, 0.3) is 0 Å². The molecule has 9 heteroatoms. The van der Waals surface area contributed by atoms with Crippen molar-refractivity contribution in [1.82, 2.24) is 20.3 Å². The highest BCUT2D eigenvalue weighted by Gasteiger charge is 2.42. The molecule has 2 bridgehead atoms. The number of nitrogens with two attached hydrogens (primary N) is 1. The minimum Gasteiger partial charge on any atom is -0.361 e. The van der Waals surface area contributed by atoms with E-state index in [4.69, 9.17) is 10.3 Å². The number of piperidine rings is 1. The second kappa shape index (κ2) is 6.73. The zero-order valence-corrected chi connectivity index (χ0v) is 14.4. The number of aromatic nitrogens is 1. The molecule has 3 aliphatic rings. The maximum Gasteiger partial charge on any atom is 0.312 e. The lowest BCUT2D eigenvalue weighted by Gasteiger charge is -2.35. The van der Waals surface area contributed by atoms with Crippen LogP contribution in [0.2, 0.25) is 0 Å². The second-order valence-corrected chi connectivity index (χ2v) is 6.71. The number of aryl methyl sites for hydroxylation is 2. The third-order valence-corrected chi connectivity index (χ3v) is 5.07. The predicted molar refractivity (Wildman–Crippen MR) is 87.2 cm³/mol. The Kier molecular flexibility index (Phi) is 4.65. The lowest BCUT2D eigenvalue weighted by Crippen LogP contribution is -2.48. The number of nitrogens with zero attached hydrogens (tertiary/aromatic N) is 3. The van der Waals surface area contributed by atoms with Gasteiger partial charge >= 0.3 is 6.03 Å². The van der Waals surface area contributed by atoms with Crippen molar-refractivity contribution in [3.05, 3.63) is 17.0 Å². The third-order valence-electron chi connectivity index (χ3n) is 5.07. The molecule has 0 unspecified atom stereocenters. The Labute approximate surface area is 145 Å². The van der Waals surface area contributed by atoms with Gasteiger partial charge in [0.1, 0.15) is 5.76 Å². The maximum atomic E-state index is 12.8. The van der Waals surface area contributed by atoms with Crippen LogP contribution in [0.3, 0.4) is 0 Å². The number of nitrogens with one attached hydrogen (secondary N) is 1. The van der Waals surface area contributed by atoms with Crippen LogP contribution in [0.5, 0.6) is 0 Å². The highest BCUT2D eigenvalue weighted by molar-refractivity contribution is 5.85. The van der Waals surface area contributed by atoms with Crippen molar-refractivity contribution in [2.45, 2.75) is 39.3 Å². The van der Waals surface area contributed by atoms with Gasteiger partial charge in [-0.3, -0.25) is 9.59 Å². The predicted octanol–water partition coefficient (Wildman–Crippen LogP) is -0.0909. The molecule has 0 saturated carbocycles. The Morgan fingerprint density at radius 1 is 1.32 bits per heavy atom. The van der Waals surface area contributed by atoms with E-state index >= 15 is 0 Å². The van der Waals surface area contributed by atoms with Crippen molar-refractivity contribution < 1.29 is 18.9 Å². The molecule has 4 heterocycles. The summed E-state index contributed by atoms with van der Waals surface area (Å²) < 4.78 is 5.19. The summed E-state index contributed by atoms with van der Waals surface area (Å²) in [7, 11) is 0. The van der Waals surface area contributed by atoms with Gasteiger partial charge < -0.3 is 25.4 Å². The molecule has 136 valence electrons. The first-order chi connectivity index (χ1) is 11.9. The number of amides is 4. The van der Waals surface area contributed by atoms with Crippen LogP contribution < -0.4 is 11.1 Å². The number of hydrogen-bond donors (Lipinski definition) is 2. The standard InChI is InChI=1S/C16H23N5O4/c1-9-13(10(2)25-19-9)8-21-12-4-3-11(15(21)23)6-20(7-12)14(22)5-18-16(17)24/h11-12H,3-8H2,1-2H3,(H3,17,18,24)/t11-,12+/m1/s1. The van der Waals surface area contributed by atoms with Gasteiger partial charge in [-0.2, -0.15) is 0 Å². The van der Waals surface area contributed by atoms with E-state index in [1.54, 1.807) is 4.90 Å². The van der Waals surface area contributed by atoms with Gasteiger partial charge in [0, 0.05) is 24.7 Å². The Morgan fingerprint density at radius 2 is 2.08 bits per heavy atom. The molecule has 9 nitrogen and oxygen atoms in total. The first-order valence-corrected chi connectivity index (χ1v) is 8.40. The molecule has 1 aromatic rings. The largest absolute Gasteiger partial charge is 0.361 e. The van der Waals surface area contributed by atoms with Crippen molar-refractivity contribution in [1.29, 1.82) is 0 Å². The molecule has 3 aliphatic heterocycles. The van der Waals surface area contributed by atoms with Gasteiger partial charge in [0.15, 0.2) is 0 Å². The average Bonchev–Trinajstić information content (AvgIpc) is 2.76. The molecule has 3 fully saturated rings. The number of rotatable bonds is 4. The van der Waals surface area contributed by atoms with E-state index in [1.165, 1.54) is 0 Å². The first-order valence-electron chi connectivity index (χ1n) is 8.40. The summed E-state index contributed by atoms with van der Waals surface area (Å²) in [4.78, 5) is 39.5. The molecule has 0 aromatic carbocycles. The SMILES string of the molecule is Cc1noc(C)c1CN1C(=O)[C@@H]2CC[C@H]1CN(C(=O)CNC(N)=O)C2. The zero-order valence-electron chi connectivity index (χ0n) is 14.4. The summed E-state index contributed by atoms with van der Waals surface area (Å²) in [6.07, 6.45) is 1.63. The van der Waals surface area contributed by atoms with Crippen molar-refractivity contribution >= 4 is 17.8 Å². The van der Waals surface area contributed by atoms with Crippen LogP contribution in [-0.4, -0.2) is 58.5 Å². The lowest BCUT2D eigenvalue weighted by molar-refractivity contribution is -0.140. The van der Waals surface area contributed by atoms with Gasteiger partial charge in [-0.05, 0) is 26.7 Å². The molecule has 3 saturated heterocycles. The number of carbonyl (C=O) groups is 3. The van der Waals surface area contributed by atoms with E-state index in [9.17, 15) is 14.4 Å². The van der Waals surface area contributed by atoms with Crippen LogP contribution in [0.1, 0.15) is 29.9 Å². The monoisotopic (exact) mass is 349 g/mol.